The average Bonchev–Trinajstić information content (AvgIpc) is 2.29. The molecule has 2 N–H and O–H groups in total. The third-order valence-corrected chi connectivity index (χ3v) is 2.61. The summed E-state index contributed by atoms with van der Waals surface area (Å²) in [5.41, 5.74) is 0.750. The first-order valence-corrected chi connectivity index (χ1v) is 6.13. The lowest BCUT2D eigenvalue weighted by Gasteiger charge is -2.25. The molecule has 0 fully saturated rings. The van der Waals surface area contributed by atoms with E-state index in [-0.39, 0.29) is 5.60 Å². The number of aliphatic hydroxyl groups excluding tert-OH is 1. The van der Waals surface area contributed by atoms with Crippen molar-refractivity contribution in [1.29, 1.82) is 0 Å². The number of benzene rings is 1. The van der Waals surface area contributed by atoms with Gasteiger partial charge in [0.25, 0.3) is 0 Å². The molecule has 1 rings (SSSR count). The standard InChI is InChI=1S/C14H23NO2/c1-4-17-14(2,3)11-15-10-13(16)12-8-6-5-7-9-12/h5-9,13,15-16H,4,10-11H2,1-3H3. The summed E-state index contributed by atoms with van der Waals surface area (Å²) in [5.74, 6) is 0. The molecular formula is C14H23NO2. The van der Waals surface area contributed by atoms with Crippen molar-refractivity contribution in [2.45, 2.75) is 32.5 Å². The normalized spacial score (nSPS) is 13.6. The third-order valence-electron chi connectivity index (χ3n) is 2.61. The lowest BCUT2D eigenvalue weighted by atomic mass is 10.1. The molecule has 17 heavy (non-hydrogen) atoms. The molecule has 1 atom stereocenters. The van der Waals surface area contributed by atoms with Crippen molar-refractivity contribution < 1.29 is 9.84 Å². The van der Waals surface area contributed by atoms with Crippen molar-refractivity contribution in [2.75, 3.05) is 19.7 Å². The Labute approximate surface area is 104 Å². The van der Waals surface area contributed by atoms with Gasteiger partial charge in [0.1, 0.15) is 0 Å². The van der Waals surface area contributed by atoms with E-state index in [2.05, 4.69) is 5.32 Å². The lowest BCUT2D eigenvalue weighted by Crippen LogP contribution is -2.39. The molecule has 96 valence electrons. The number of rotatable bonds is 7. The largest absolute Gasteiger partial charge is 0.387 e. The van der Waals surface area contributed by atoms with Crippen molar-refractivity contribution in [3.63, 3.8) is 0 Å². The summed E-state index contributed by atoms with van der Waals surface area (Å²) in [7, 11) is 0. The molecule has 0 spiro atoms. The Balaban J connectivity index is 2.32. The molecule has 0 aliphatic heterocycles. The molecule has 0 amide bonds. The first-order valence-electron chi connectivity index (χ1n) is 6.13. The van der Waals surface area contributed by atoms with E-state index in [9.17, 15) is 5.11 Å². The monoisotopic (exact) mass is 237 g/mol. The van der Waals surface area contributed by atoms with E-state index in [1.165, 1.54) is 0 Å². The van der Waals surface area contributed by atoms with Crippen LogP contribution in [0.4, 0.5) is 0 Å². The second kappa shape index (κ2) is 6.74. The smallest absolute Gasteiger partial charge is 0.0914 e. The van der Waals surface area contributed by atoms with E-state index in [4.69, 9.17) is 4.74 Å². The summed E-state index contributed by atoms with van der Waals surface area (Å²) in [6, 6.07) is 9.67. The number of aliphatic hydroxyl groups is 1. The Morgan fingerprint density at radius 1 is 1.29 bits per heavy atom. The van der Waals surface area contributed by atoms with Gasteiger partial charge in [0.05, 0.1) is 11.7 Å². The summed E-state index contributed by atoms with van der Waals surface area (Å²) in [5, 5.41) is 13.2. The molecule has 0 bridgehead atoms. The van der Waals surface area contributed by atoms with Crippen LogP contribution in [0.1, 0.15) is 32.4 Å². The van der Waals surface area contributed by atoms with Crippen molar-refractivity contribution in [3.8, 4) is 0 Å². The van der Waals surface area contributed by atoms with Crippen LogP contribution in [0.15, 0.2) is 30.3 Å². The minimum Gasteiger partial charge on any atom is -0.387 e. The average molecular weight is 237 g/mol. The van der Waals surface area contributed by atoms with Gasteiger partial charge in [0, 0.05) is 19.7 Å². The molecule has 0 aromatic heterocycles. The number of nitrogens with one attached hydrogen (secondary N) is 1. The Bertz CT molecular complexity index is 311. The van der Waals surface area contributed by atoms with E-state index in [0.717, 1.165) is 12.1 Å². The summed E-state index contributed by atoms with van der Waals surface area (Å²) < 4.78 is 5.57. The highest BCUT2D eigenvalue weighted by Gasteiger charge is 2.17. The SMILES string of the molecule is CCOC(C)(C)CNCC(O)c1ccccc1. The van der Waals surface area contributed by atoms with Crippen LogP contribution in [0.5, 0.6) is 0 Å². The van der Waals surface area contributed by atoms with E-state index in [1.54, 1.807) is 0 Å². The van der Waals surface area contributed by atoms with Gasteiger partial charge in [0.15, 0.2) is 0 Å². The molecule has 0 saturated carbocycles. The molecular weight excluding hydrogens is 214 g/mol. The molecule has 3 nitrogen and oxygen atoms in total. The highest BCUT2D eigenvalue weighted by molar-refractivity contribution is 5.17. The predicted octanol–water partition coefficient (Wildman–Crippen LogP) is 2.12. The van der Waals surface area contributed by atoms with Crippen LogP contribution >= 0.6 is 0 Å². The minimum absolute atomic E-state index is 0.189. The fourth-order valence-corrected chi connectivity index (χ4v) is 1.74. The summed E-state index contributed by atoms with van der Waals surface area (Å²) in [6.45, 7) is 8.04. The minimum atomic E-state index is -0.464. The van der Waals surface area contributed by atoms with Crippen LogP contribution in [0.3, 0.4) is 0 Å². The molecule has 1 unspecified atom stereocenters. The van der Waals surface area contributed by atoms with Crippen molar-refractivity contribution >= 4 is 0 Å². The fourth-order valence-electron chi connectivity index (χ4n) is 1.74. The lowest BCUT2D eigenvalue weighted by molar-refractivity contribution is -0.0104. The molecule has 1 aromatic rings. The van der Waals surface area contributed by atoms with Crippen LogP contribution in [-0.2, 0) is 4.74 Å². The van der Waals surface area contributed by atoms with Crippen molar-refractivity contribution in [2.24, 2.45) is 0 Å². The van der Waals surface area contributed by atoms with Gasteiger partial charge >= 0.3 is 0 Å². The van der Waals surface area contributed by atoms with E-state index in [1.807, 2.05) is 51.1 Å². The van der Waals surface area contributed by atoms with Crippen molar-refractivity contribution in [1.82, 2.24) is 5.32 Å². The number of ether oxygens (including phenoxy) is 1. The van der Waals surface area contributed by atoms with Gasteiger partial charge in [-0.25, -0.2) is 0 Å². The second-order valence-corrected chi connectivity index (χ2v) is 4.75. The van der Waals surface area contributed by atoms with Crippen molar-refractivity contribution in [3.05, 3.63) is 35.9 Å². The predicted molar refractivity (Wildman–Crippen MR) is 70.0 cm³/mol. The van der Waals surface area contributed by atoms with Gasteiger partial charge in [-0.15, -0.1) is 0 Å². The first-order chi connectivity index (χ1) is 8.05. The zero-order valence-electron chi connectivity index (χ0n) is 10.9. The number of hydrogen-bond acceptors (Lipinski definition) is 3. The van der Waals surface area contributed by atoms with Gasteiger partial charge in [-0.05, 0) is 26.3 Å². The van der Waals surface area contributed by atoms with Crippen LogP contribution in [0, 0.1) is 0 Å². The maximum Gasteiger partial charge on any atom is 0.0914 e. The third kappa shape index (κ3) is 5.31. The molecule has 0 saturated heterocycles. The van der Waals surface area contributed by atoms with Crippen LogP contribution in [0.25, 0.3) is 0 Å². The summed E-state index contributed by atoms with van der Waals surface area (Å²) in [4.78, 5) is 0. The maximum atomic E-state index is 9.94. The second-order valence-electron chi connectivity index (χ2n) is 4.75. The Kier molecular flexibility index (Phi) is 5.62. The molecule has 0 aliphatic carbocycles. The summed E-state index contributed by atoms with van der Waals surface area (Å²) in [6.07, 6.45) is -0.464. The van der Waals surface area contributed by atoms with E-state index < -0.39 is 6.10 Å². The summed E-state index contributed by atoms with van der Waals surface area (Å²) >= 11 is 0. The molecule has 3 heteroatoms. The Hall–Kier alpha value is -0.900. The highest BCUT2D eigenvalue weighted by atomic mass is 16.5. The molecule has 0 radical (unpaired) electrons. The fraction of sp³-hybridized carbons (Fsp3) is 0.571. The zero-order valence-corrected chi connectivity index (χ0v) is 10.9. The molecule has 1 aromatic carbocycles. The molecule has 0 aliphatic rings. The first kappa shape index (κ1) is 14.2. The van der Waals surface area contributed by atoms with Gasteiger partial charge in [-0.3, -0.25) is 0 Å². The van der Waals surface area contributed by atoms with Gasteiger partial charge in [0.2, 0.25) is 0 Å². The van der Waals surface area contributed by atoms with E-state index >= 15 is 0 Å². The maximum absolute atomic E-state index is 9.94. The van der Waals surface area contributed by atoms with E-state index in [0.29, 0.717) is 13.2 Å². The van der Waals surface area contributed by atoms with Crippen LogP contribution in [0.2, 0.25) is 0 Å². The van der Waals surface area contributed by atoms with Gasteiger partial charge < -0.3 is 15.2 Å². The highest BCUT2D eigenvalue weighted by Crippen LogP contribution is 2.12. The Morgan fingerprint density at radius 3 is 2.53 bits per heavy atom. The zero-order chi connectivity index (χ0) is 12.7. The Morgan fingerprint density at radius 2 is 1.94 bits per heavy atom. The number of hydrogen-bond donors (Lipinski definition) is 2. The van der Waals surface area contributed by atoms with Gasteiger partial charge in [-0.2, -0.15) is 0 Å². The molecule has 0 heterocycles. The quantitative estimate of drug-likeness (QED) is 0.763. The van der Waals surface area contributed by atoms with Crippen LogP contribution < -0.4 is 5.32 Å². The van der Waals surface area contributed by atoms with Crippen LogP contribution in [-0.4, -0.2) is 30.4 Å². The topological polar surface area (TPSA) is 41.5 Å². The van der Waals surface area contributed by atoms with Gasteiger partial charge in [-0.1, -0.05) is 30.3 Å².